The molecule has 1 unspecified atom stereocenters. The Kier molecular flexibility index (Phi) is 5.64. The highest BCUT2D eigenvalue weighted by Gasteiger charge is 2.05. The van der Waals surface area contributed by atoms with Gasteiger partial charge in [-0.3, -0.25) is 0 Å². The molecule has 0 aromatic heterocycles. The van der Waals surface area contributed by atoms with Crippen LogP contribution in [0, 0.1) is 11.8 Å². The minimum absolute atomic E-state index is 0.638. The molecule has 0 aromatic rings. The fourth-order valence-electron chi connectivity index (χ4n) is 0.485. The predicted molar refractivity (Wildman–Crippen MR) is 43.6 cm³/mol. The van der Waals surface area contributed by atoms with Gasteiger partial charge in [0.1, 0.15) is 0 Å². The van der Waals surface area contributed by atoms with Gasteiger partial charge < -0.3 is 4.84 Å². The summed E-state index contributed by atoms with van der Waals surface area (Å²) in [5.74, 6) is 1.35. The monoisotopic (exact) mass is 145 g/mol. The first-order chi connectivity index (χ1) is 4.68. The van der Waals surface area contributed by atoms with E-state index in [1.807, 2.05) is 6.92 Å². The second-order valence-corrected chi connectivity index (χ2v) is 3.03. The summed E-state index contributed by atoms with van der Waals surface area (Å²) in [5, 5.41) is 0. The number of nitrogens with one attached hydrogen (secondary N) is 1. The van der Waals surface area contributed by atoms with Crippen molar-refractivity contribution in [2.24, 2.45) is 11.8 Å². The van der Waals surface area contributed by atoms with Gasteiger partial charge in [-0.25, -0.2) is 5.48 Å². The van der Waals surface area contributed by atoms with E-state index in [2.05, 4.69) is 26.3 Å². The summed E-state index contributed by atoms with van der Waals surface area (Å²) in [7, 11) is 0. The average molecular weight is 145 g/mol. The maximum atomic E-state index is 5.16. The second kappa shape index (κ2) is 5.69. The minimum atomic E-state index is 0.638. The van der Waals surface area contributed by atoms with Crippen LogP contribution in [0.25, 0.3) is 0 Å². The first-order valence-corrected chi connectivity index (χ1v) is 4.03. The molecule has 2 heteroatoms. The van der Waals surface area contributed by atoms with E-state index in [-0.39, 0.29) is 0 Å². The van der Waals surface area contributed by atoms with Gasteiger partial charge in [0.25, 0.3) is 0 Å². The van der Waals surface area contributed by atoms with Crippen LogP contribution in [0.2, 0.25) is 0 Å². The molecule has 0 heterocycles. The van der Waals surface area contributed by atoms with E-state index in [4.69, 9.17) is 4.84 Å². The molecule has 62 valence electrons. The van der Waals surface area contributed by atoms with Crippen LogP contribution in [0.3, 0.4) is 0 Å². The zero-order chi connectivity index (χ0) is 7.98. The summed E-state index contributed by atoms with van der Waals surface area (Å²) < 4.78 is 0. The fraction of sp³-hybridized carbons (Fsp3) is 1.00. The van der Waals surface area contributed by atoms with E-state index in [1.165, 1.54) is 0 Å². The van der Waals surface area contributed by atoms with Gasteiger partial charge in [0, 0.05) is 6.54 Å². The Morgan fingerprint density at radius 3 is 2.30 bits per heavy atom. The third-order valence-electron chi connectivity index (χ3n) is 1.73. The zero-order valence-electron chi connectivity index (χ0n) is 7.48. The number of hydroxylamine groups is 1. The predicted octanol–water partition coefficient (Wildman–Crippen LogP) is 1.82. The first-order valence-electron chi connectivity index (χ1n) is 4.03. The molecule has 0 saturated heterocycles. The van der Waals surface area contributed by atoms with Crippen LogP contribution in [-0.4, -0.2) is 13.2 Å². The summed E-state index contributed by atoms with van der Waals surface area (Å²) in [6.07, 6.45) is 0. The lowest BCUT2D eigenvalue weighted by Gasteiger charge is -2.14. The number of rotatable bonds is 5. The Labute approximate surface area is 63.9 Å². The van der Waals surface area contributed by atoms with Crippen molar-refractivity contribution in [3.8, 4) is 0 Å². The summed E-state index contributed by atoms with van der Waals surface area (Å²) in [4.78, 5) is 5.16. The molecule has 2 nitrogen and oxygen atoms in total. The maximum absolute atomic E-state index is 5.16. The molecule has 0 radical (unpaired) electrons. The lowest BCUT2D eigenvalue weighted by Crippen LogP contribution is -2.20. The molecule has 0 aliphatic heterocycles. The largest absolute Gasteiger partial charge is 0.302 e. The molecule has 0 fully saturated rings. The number of hydrogen-bond acceptors (Lipinski definition) is 2. The van der Waals surface area contributed by atoms with E-state index in [1.54, 1.807) is 0 Å². The van der Waals surface area contributed by atoms with E-state index < -0.39 is 0 Å². The molecule has 0 bridgehead atoms. The quantitative estimate of drug-likeness (QED) is 0.470. The van der Waals surface area contributed by atoms with Crippen molar-refractivity contribution in [3.63, 3.8) is 0 Å². The average Bonchev–Trinajstić information content (AvgIpc) is 1.88. The van der Waals surface area contributed by atoms with Crippen LogP contribution < -0.4 is 5.48 Å². The summed E-state index contributed by atoms with van der Waals surface area (Å²) in [6.45, 7) is 10.3. The topological polar surface area (TPSA) is 21.3 Å². The van der Waals surface area contributed by atoms with E-state index in [0.717, 1.165) is 13.2 Å². The second-order valence-electron chi connectivity index (χ2n) is 3.03. The van der Waals surface area contributed by atoms with Crippen molar-refractivity contribution in [3.05, 3.63) is 0 Å². The molecule has 0 amide bonds. The third kappa shape index (κ3) is 4.77. The lowest BCUT2D eigenvalue weighted by molar-refractivity contribution is 0.0143. The maximum Gasteiger partial charge on any atom is 0.0710 e. The van der Waals surface area contributed by atoms with E-state index >= 15 is 0 Å². The van der Waals surface area contributed by atoms with Crippen molar-refractivity contribution < 1.29 is 4.84 Å². The summed E-state index contributed by atoms with van der Waals surface area (Å²) >= 11 is 0. The van der Waals surface area contributed by atoms with Crippen molar-refractivity contribution in [1.82, 2.24) is 5.48 Å². The van der Waals surface area contributed by atoms with Gasteiger partial charge in [0.2, 0.25) is 0 Å². The van der Waals surface area contributed by atoms with Crippen LogP contribution in [0.4, 0.5) is 0 Å². The van der Waals surface area contributed by atoms with Gasteiger partial charge in [-0.05, 0) is 11.8 Å². The summed E-state index contributed by atoms with van der Waals surface area (Å²) in [6, 6.07) is 0. The SMILES string of the molecule is CCNOCC(C)C(C)C. The van der Waals surface area contributed by atoms with Crippen LogP contribution in [-0.2, 0) is 4.84 Å². The van der Waals surface area contributed by atoms with Crippen molar-refractivity contribution >= 4 is 0 Å². The van der Waals surface area contributed by atoms with E-state index in [0.29, 0.717) is 11.8 Å². The van der Waals surface area contributed by atoms with Gasteiger partial charge in [0.05, 0.1) is 6.61 Å². The fourth-order valence-corrected chi connectivity index (χ4v) is 0.485. The highest BCUT2D eigenvalue weighted by atomic mass is 16.6. The molecule has 0 spiro atoms. The molecule has 1 N–H and O–H groups in total. The van der Waals surface area contributed by atoms with E-state index in [9.17, 15) is 0 Å². The van der Waals surface area contributed by atoms with Gasteiger partial charge in [-0.15, -0.1) is 0 Å². The lowest BCUT2D eigenvalue weighted by atomic mass is 10.00. The van der Waals surface area contributed by atoms with Gasteiger partial charge in [0.15, 0.2) is 0 Å². The smallest absolute Gasteiger partial charge is 0.0710 e. The normalized spacial score (nSPS) is 14.1. The zero-order valence-corrected chi connectivity index (χ0v) is 7.48. The highest BCUT2D eigenvalue weighted by molar-refractivity contribution is 4.53. The molecule has 0 saturated carbocycles. The Bertz CT molecular complexity index is 73.7. The van der Waals surface area contributed by atoms with Crippen LogP contribution >= 0.6 is 0 Å². The molecule has 0 aliphatic carbocycles. The molecule has 0 aromatic carbocycles. The van der Waals surface area contributed by atoms with Crippen molar-refractivity contribution in [2.45, 2.75) is 27.7 Å². The highest BCUT2D eigenvalue weighted by Crippen LogP contribution is 2.08. The van der Waals surface area contributed by atoms with Crippen molar-refractivity contribution in [2.75, 3.05) is 13.2 Å². The van der Waals surface area contributed by atoms with Crippen LogP contribution in [0.1, 0.15) is 27.7 Å². The Hall–Kier alpha value is -0.0800. The Morgan fingerprint density at radius 1 is 1.30 bits per heavy atom. The van der Waals surface area contributed by atoms with Gasteiger partial charge in [-0.1, -0.05) is 27.7 Å². The molecular formula is C8H19NO. The Balaban J connectivity index is 3.13. The van der Waals surface area contributed by atoms with Gasteiger partial charge >= 0.3 is 0 Å². The van der Waals surface area contributed by atoms with Crippen LogP contribution in [0.5, 0.6) is 0 Å². The molecular weight excluding hydrogens is 126 g/mol. The molecule has 0 aliphatic rings. The molecule has 0 rings (SSSR count). The third-order valence-corrected chi connectivity index (χ3v) is 1.73. The first kappa shape index (κ1) is 9.92. The summed E-state index contributed by atoms with van der Waals surface area (Å²) in [5.41, 5.74) is 2.83. The van der Waals surface area contributed by atoms with Gasteiger partial charge in [-0.2, -0.15) is 0 Å². The number of hydrogen-bond donors (Lipinski definition) is 1. The minimum Gasteiger partial charge on any atom is -0.302 e. The molecule has 1 atom stereocenters. The van der Waals surface area contributed by atoms with Crippen LogP contribution in [0.15, 0.2) is 0 Å². The van der Waals surface area contributed by atoms with Crippen molar-refractivity contribution in [1.29, 1.82) is 0 Å². The Morgan fingerprint density at radius 2 is 1.90 bits per heavy atom. The molecule has 10 heavy (non-hydrogen) atoms. The standard InChI is InChI=1S/C8H19NO/c1-5-9-10-6-8(4)7(2)3/h7-9H,5-6H2,1-4H3.